The largest absolute Gasteiger partial charge is 0.481 e. The molecule has 2 heterocycles. The summed E-state index contributed by atoms with van der Waals surface area (Å²) < 4.78 is 50.5. The summed E-state index contributed by atoms with van der Waals surface area (Å²) in [6, 6.07) is -1.11. The van der Waals surface area contributed by atoms with Gasteiger partial charge in [-0.05, 0) is 0 Å². The molecular weight excluding hydrogens is 322 g/mol. The van der Waals surface area contributed by atoms with E-state index in [1.807, 2.05) is 0 Å². The van der Waals surface area contributed by atoms with Gasteiger partial charge in [0.05, 0.1) is 24.1 Å². The molecule has 1 aromatic rings. The van der Waals surface area contributed by atoms with Crippen LogP contribution in [0.1, 0.15) is 6.42 Å². The van der Waals surface area contributed by atoms with E-state index in [-0.39, 0.29) is 17.2 Å². The fourth-order valence-electron chi connectivity index (χ4n) is 2.22. The molecule has 1 unspecified atom stereocenters. The molecule has 21 heavy (non-hydrogen) atoms. The van der Waals surface area contributed by atoms with Crippen molar-refractivity contribution in [3.63, 3.8) is 0 Å². The zero-order chi connectivity index (χ0) is 15.8. The lowest BCUT2D eigenvalue weighted by Crippen LogP contribution is -2.51. The second-order valence-electron chi connectivity index (χ2n) is 4.83. The quantitative estimate of drug-likeness (QED) is 0.722. The molecule has 0 amide bonds. The summed E-state index contributed by atoms with van der Waals surface area (Å²) in [5, 5.41) is 12.6. The summed E-state index contributed by atoms with van der Waals surface area (Å²) >= 11 is 0. The van der Waals surface area contributed by atoms with Crippen LogP contribution >= 0.6 is 0 Å². The Morgan fingerprint density at radius 1 is 1.52 bits per heavy atom. The lowest BCUT2D eigenvalue weighted by molar-refractivity contribution is -0.137. The molecule has 1 atom stereocenters. The van der Waals surface area contributed by atoms with Gasteiger partial charge < -0.3 is 5.11 Å². The predicted octanol–water partition coefficient (Wildman–Crippen LogP) is -1.32. The maximum Gasteiger partial charge on any atom is 0.305 e. The molecule has 1 aromatic heterocycles. The summed E-state index contributed by atoms with van der Waals surface area (Å²) in [5.41, 5.74) is 0. The molecule has 0 aromatic carbocycles. The van der Waals surface area contributed by atoms with Crippen molar-refractivity contribution < 1.29 is 26.7 Å². The number of aryl methyl sites for hydroxylation is 1. The number of carbonyl (C=O) groups is 1. The number of sulfonamides is 1. The van der Waals surface area contributed by atoms with Crippen molar-refractivity contribution in [3.05, 3.63) is 12.4 Å². The summed E-state index contributed by atoms with van der Waals surface area (Å²) in [7, 11) is -5.85. The summed E-state index contributed by atoms with van der Waals surface area (Å²) in [5.74, 6) is -2.05. The van der Waals surface area contributed by atoms with E-state index in [9.17, 15) is 21.6 Å². The van der Waals surface area contributed by atoms with Crippen molar-refractivity contribution in [3.8, 4) is 0 Å². The van der Waals surface area contributed by atoms with Crippen LogP contribution in [-0.4, -0.2) is 66.1 Å². The van der Waals surface area contributed by atoms with Crippen LogP contribution in [0.4, 0.5) is 0 Å². The van der Waals surface area contributed by atoms with E-state index in [1.54, 1.807) is 7.05 Å². The van der Waals surface area contributed by atoms with Crippen LogP contribution in [-0.2, 0) is 31.7 Å². The number of hydrogen-bond acceptors (Lipinski definition) is 6. The summed E-state index contributed by atoms with van der Waals surface area (Å²) in [6.45, 7) is -0.252. The van der Waals surface area contributed by atoms with Gasteiger partial charge in [0.15, 0.2) is 9.84 Å². The van der Waals surface area contributed by atoms with Crippen LogP contribution < -0.4 is 0 Å². The molecule has 0 spiro atoms. The Kier molecular flexibility index (Phi) is 4.08. The molecule has 0 saturated carbocycles. The molecule has 1 fully saturated rings. The Balaban J connectivity index is 2.37. The standard InChI is InChI=1S/C10H15N3O6S2/c1-12-6-9(5-11-12)21(18,19)13-2-3-20(16,17)7-8(13)4-10(14)15/h5-6,8H,2-4,7H2,1H3,(H,14,15). The number of carboxylic acids is 1. The van der Waals surface area contributed by atoms with Gasteiger partial charge in [0, 0.05) is 25.8 Å². The van der Waals surface area contributed by atoms with Crippen molar-refractivity contribution in [1.82, 2.24) is 14.1 Å². The first-order valence-corrected chi connectivity index (χ1v) is 9.31. The molecule has 9 nitrogen and oxygen atoms in total. The third-order valence-electron chi connectivity index (χ3n) is 3.17. The van der Waals surface area contributed by atoms with E-state index in [0.29, 0.717) is 0 Å². The second kappa shape index (κ2) is 5.39. The van der Waals surface area contributed by atoms with Crippen molar-refractivity contribution in [2.75, 3.05) is 18.1 Å². The second-order valence-corrected chi connectivity index (χ2v) is 8.95. The molecule has 0 aliphatic carbocycles. The first-order valence-electron chi connectivity index (χ1n) is 6.04. The van der Waals surface area contributed by atoms with Crippen LogP contribution in [0.5, 0.6) is 0 Å². The molecule has 118 valence electrons. The van der Waals surface area contributed by atoms with Gasteiger partial charge in [-0.1, -0.05) is 0 Å². The first kappa shape index (κ1) is 15.9. The Bertz CT molecular complexity index is 752. The normalized spacial score (nSPS) is 23.0. The van der Waals surface area contributed by atoms with Gasteiger partial charge in [-0.25, -0.2) is 16.8 Å². The van der Waals surface area contributed by atoms with Gasteiger partial charge in [0.2, 0.25) is 10.0 Å². The van der Waals surface area contributed by atoms with E-state index >= 15 is 0 Å². The van der Waals surface area contributed by atoms with Crippen molar-refractivity contribution in [2.24, 2.45) is 7.05 Å². The maximum absolute atomic E-state index is 12.5. The number of aromatic nitrogens is 2. The van der Waals surface area contributed by atoms with Crippen LogP contribution in [0.2, 0.25) is 0 Å². The van der Waals surface area contributed by atoms with Crippen molar-refractivity contribution in [2.45, 2.75) is 17.4 Å². The molecule has 1 aliphatic rings. The molecule has 0 bridgehead atoms. The smallest absolute Gasteiger partial charge is 0.305 e. The monoisotopic (exact) mass is 337 g/mol. The van der Waals surface area contributed by atoms with Crippen LogP contribution in [0.3, 0.4) is 0 Å². The summed E-state index contributed by atoms with van der Waals surface area (Å²) in [6.07, 6.45) is 1.88. The van der Waals surface area contributed by atoms with Gasteiger partial charge in [-0.2, -0.15) is 9.40 Å². The van der Waals surface area contributed by atoms with E-state index in [4.69, 9.17) is 5.11 Å². The highest BCUT2D eigenvalue weighted by Gasteiger charge is 2.40. The number of sulfone groups is 1. The molecule has 0 radical (unpaired) electrons. The minimum Gasteiger partial charge on any atom is -0.481 e. The lowest BCUT2D eigenvalue weighted by atomic mass is 10.2. The number of aliphatic carboxylic acids is 1. The minimum absolute atomic E-state index is 0.0836. The predicted molar refractivity (Wildman–Crippen MR) is 71.8 cm³/mol. The van der Waals surface area contributed by atoms with Gasteiger partial charge in [-0.3, -0.25) is 9.48 Å². The number of carboxylic acid groups (broad SMARTS) is 1. The van der Waals surface area contributed by atoms with Crippen LogP contribution in [0.25, 0.3) is 0 Å². The molecule has 11 heteroatoms. The third kappa shape index (κ3) is 3.41. The average molecular weight is 337 g/mol. The van der Waals surface area contributed by atoms with Crippen molar-refractivity contribution in [1.29, 1.82) is 0 Å². The molecule has 1 N–H and O–H groups in total. The van der Waals surface area contributed by atoms with Crippen LogP contribution in [0, 0.1) is 0 Å². The van der Waals surface area contributed by atoms with Crippen molar-refractivity contribution >= 4 is 25.8 Å². The number of rotatable bonds is 4. The number of nitrogens with zero attached hydrogens (tertiary/aromatic N) is 3. The van der Waals surface area contributed by atoms with Gasteiger partial charge in [-0.15, -0.1) is 0 Å². The van der Waals surface area contributed by atoms with Gasteiger partial charge >= 0.3 is 5.97 Å². The van der Waals surface area contributed by atoms with E-state index in [2.05, 4.69) is 5.10 Å². The van der Waals surface area contributed by atoms with Gasteiger partial charge in [0.1, 0.15) is 4.90 Å². The SMILES string of the molecule is Cn1cc(S(=O)(=O)N2CCS(=O)(=O)CC2CC(=O)O)cn1. The zero-order valence-electron chi connectivity index (χ0n) is 11.2. The van der Waals surface area contributed by atoms with E-state index in [0.717, 1.165) is 10.5 Å². The zero-order valence-corrected chi connectivity index (χ0v) is 12.8. The van der Waals surface area contributed by atoms with E-state index in [1.165, 1.54) is 10.9 Å². The lowest BCUT2D eigenvalue weighted by Gasteiger charge is -2.33. The maximum atomic E-state index is 12.5. The minimum atomic E-state index is -3.96. The Morgan fingerprint density at radius 2 is 2.19 bits per heavy atom. The highest BCUT2D eigenvalue weighted by atomic mass is 32.2. The fraction of sp³-hybridized carbons (Fsp3) is 0.600. The Hall–Kier alpha value is -1.46. The topological polar surface area (TPSA) is 127 Å². The first-order chi connectivity index (χ1) is 9.62. The molecular formula is C10H15N3O6S2. The van der Waals surface area contributed by atoms with Gasteiger partial charge in [0.25, 0.3) is 0 Å². The molecule has 2 rings (SSSR count). The third-order valence-corrected chi connectivity index (χ3v) is 6.78. The summed E-state index contributed by atoms with van der Waals surface area (Å²) in [4.78, 5) is 10.8. The molecule has 1 saturated heterocycles. The fourth-order valence-corrected chi connectivity index (χ4v) is 5.56. The number of hydrogen-bond donors (Lipinski definition) is 1. The molecule has 1 aliphatic heterocycles. The highest BCUT2D eigenvalue weighted by molar-refractivity contribution is 7.92. The highest BCUT2D eigenvalue weighted by Crippen LogP contribution is 2.23. The average Bonchev–Trinajstić information content (AvgIpc) is 2.74. The Labute approximate surface area is 122 Å². The Morgan fingerprint density at radius 3 is 2.71 bits per heavy atom. The van der Waals surface area contributed by atoms with Crippen LogP contribution in [0.15, 0.2) is 17.3 Å². The van der Waals surface area contributed by atoms with E-state index < -0.39 is 44.0 Å².